The maximum absolute atomic E-state index is 11.8. The number of nitrogens with one attached hydrogen (secondary N) is 1. The van der Waals surface area contributed by atoms with E-state index in [1.165, 1.54) is 7.11 Å². The number of carbonyl (C=O) groups excluding carboxylic acids is 1. The Bertz CT molecular complexity index is 535. The van der Waals surface area contributed by atoms with E-state index >= 15 is 0 Å². The second-order valence-corrected chi connectivity index (χ2v) is 6.72. The summed E-state index contributed by atoms with van der Waals surface area (Å²) < 4.78 is 30.6. The number of hydrogen-bond acceptors (Lipinski definition) is 4. The molecule has 5 nitrogen and oxygen atoms in total. The first-order valence-electron chi connectivity index (χ1n) is 6.51. The first-order valence-corrected chi connectivity index (χ1v) is 8.16. The number of anilines is 1. The van der Waals surface area contributed by atoms with Crippen molar-refractivity contribution in [2.75, 3.05) is 17.6 Å². The van der Waals surface area contributed by atoms with Gasteiger partial charge in [0.25, 0.3) is 0 Å². The van der Waals surface area contributed by atoms with Gasteiger partial charge in [-0.2, -0.15) is 0 Å². The van der Waals surface area contributed by atoms with Crippen LogP contribution in [0.4, 0.5) is 5.69 Å². The topological polar surface area (TPSA) is 72.5 Å². The van der Waals surface area contributed by atoms with E-state index in [2.05, 4.69) is 23.3 Å². The normalized spacial score (nSPS) is 11.4. The standard InChI is InChI=1S/C14H21NO4S/c1-11(2)12-6-8-13(9-7-12)15-20(17,18)10-4-5-14(16)19-3/h6-9,11,15H,4-5,10H2,1-3H3. The molecule has 0 aliphatic heterocycles. The van der Waals surface area contributed by atoms with Crippen LogP contribution in [0.2, 0.25) is 0 Å². The van der Waals surface area contributed by atoms with Crippen LogP contribution in [-0.2, 0) is 19.6 Å². The number of sulfonamides is 1. The highest BCUT2D eigenvalue weighted by Gasteiger charge is 2.12. The summed E-state index contributed by atoms with van der Waals surface area (Å²) in [5, 5.41) is 0. The van der Waals surface area contributed by atoms with Gasteiger partial charge in [0.15, 0.2) is 0 Å². The number of esters is 1. The van der Waals surface area contributed by atoms with E-state index in [0.29, 0.717) is 11.6 Å². The predicted octanol–water partition coefficient (Wildman–Crippen LogP) is 2.50. The zero-order chi connectivity index (χ0) is 15.2. The van der Waals surface area contributed by atoms with Crippen molar-refractivity contribution in [3.8, 4) is 0 Å². The fourth-order valence-electron chi connectivity index (χ4n) is 1.68. The summed E-state index contributed by atoms with van der Waals surface area (Å²) in [6, 6.07) is 7.29. The van der Waals surface area contributed by atoms with Crippen LogP contribution in [0.3, 0.4) is 0 Å². The number of ether oxygens (including phenoxy) is 1. The molecule has 0 heterocycles. The Balaban J connectivity index is 2.55. The van der Waals surface area contributed by atoms with Crippen LogP contribution in [0.1, 0.15) is 38.2 Å². The molecule has 0 saturated heterocycles. The zero-order valence-corrected chi connectivity index (χ0v) is 12.9. The zero-order valence-electron chi connectivity index (χ0n) is 12.0. The van der Waals surface area contributed by atoms with Gasteiger partial charge in [0.1, 0.15) is 0 Å². The number of methoxy groups -OCH3 is 1. The highest BCUT2D eigenvalue weighted by molar-refractivity contribution is 7.92. The Morgan fingerprint density at radius 1 is 1.25 bits per heavy atom. The van der Waals surface area contributed by atoms with Crippen LogP contribution >= 0.6 is 0 Å². The molecule has 0 fully saturated rings. The lowest BCUT2D eigenvalue weighted by atomic mass is 10.0. The summed E-state index contributed by atoms with van der Waals surface area (Å²) in [6.45, 7) is 4.15. The summed E-state index contributed by atoms with van der Waals surface area (Å²) in [7, 11) is -2.15. The van der Waals surface area contributed by atoms with E-state index in [4.69, 9.17) is 0 Å². The Morgan fingerprint density at radius 3 is 2.35 bits per heavy atom. The van der Waals surface area contributed by atoms with E-state index in [1.807, 2.05) is 12.1 Å². The summed E-state index contributed by atoms with van der Waals surface area (Å²) in [6.07, 6.45) is 0.343. The molecule has 1 rings (SSSR count). The van der Waals surface area contributed by atoms with Gasteiger partial charge < -0.3 is 4.74 Å². The molecule has 0 aliphatic rings. The fourth-order valence-corrected chi connectivity index (χ4v) is 2.80. The minimum Gasteiger partial charge on any atom is -0.469 e. The number of rotatable bonds is 7. The smallest absolute Gasteiger partial charge is 0.305 e. The maximum atomic E-state index is 11.8. The fraction of sp³-hybridized carbons (Fsp3) is 0.500. The third-order valence-corrected chi connectivity index (χ3v) is 4.25. The molecular formula is C14H21NO4S. The van der Waals surface area contributed by atoms with Crippen LogP contribution in [0.15, 0.2) is 24.3 Å². The maximum Gasteiger partial charge on any atom is 0.305 e. The molecule has 1 aromatic carbocycles. The SMILES string of the molecule is COC(=O)CCCS(=O)(=O)Nc1ccc(C(C)C)cc1. The molecule has 20 heavy (non-hydrogen) atoms. The molecular weight excluding hydrogens is 278 g/mol. The average Bonchev–Trinajstić information content (AvgIpc) is 2.38. The van der Waals surface area contributed by atoms with Crippen LogP contribution < -0.4 is 4.72 Å². The average molecular weight is 299 g/mol. The van der Waals surface area contributed by atoms with Crippen molar-refractivity contribution in [1.29, 1.82) is 0 Å². The van der Waals surface area contributed by atoms with Gasteiger partial charge in [0, 0.05) is 12.1 Å². The molecule has 0 amide bonds. The van der Waals surface area contributed by atoms with Gasteiger partial charge in [-0.3, -0.25) is 9.52 Å². The molecule has 6 heteroatoms. The lowest BCUT2D eigenvalue weighted by molar-refractivity contribution is -0.140. The van der Waals surface area contributed by atoms with Gasteiger partial charge in [0.05, 0.1) is 12.9 Å². The second kappa shape index (κ2) is 7.28. The van der Waals surface area contributed by atoms with Gasteiger partial charge in [-0.25, -0.2) is 8.42 Å². The van der Waals surface area contributed by atoms with E-state index in [-0.39, 0.29) is 18.6 Å². The monoisotopic (exact) mass is 299 g/mol. The van der Waals surface area contributed by atoms with E-state index in [9.17, 15) is 13.2 Å². The highest BCUT2D eigenvalue weighted by atomic mass is 32.2. The molecule has 112 valence electrons. The van der Waals surface area contributed by atoms with Gasteiger partial charge in [0.2, 0.25) is 10.0 Å². The Labute approximate surface area is 120 Å². The van der Waals surface area contributed by atoms with Crippen molar-refractivity contribution >= 4 is 21.7 Å². The van der Waals surface area contributed by atoms with Crippen LogP contribution in [0.25, 0.3) is 0 Å². The van der Waals surface area contributed by atoms with Crippen LogP contribution in [0, 0.1) is 0 Å². The molecule has 0 atom stereocenters. The lowest BCUT2D eigenvalue weighted by Gasteiger charge is -2.10. The third kappa shape index (κ3) is 5.61. The highest BCUT2D eigenvalue weighted by Crippen LogP contribution is 2.18. The number of hydrogen-bond donors (Lipinski definition) is 1. The summed E-state index contributed by atoms with van der Waals surface area (Å²) in [5.41, 5.74) is 1.69. The molecule has 1 N–H and O–H groups in total. The van der Waals surface area contributed by atoms with Crippen LogP contribution in [0.5, 0.6) is 0 Å². The minimum atomic E-state index is -3.43. The Morgan fingerprint density at radius 2 is 1.85 bits per heavy atom. The molecule has 0 aromatic heterocycles. The first-order chi connectivity index (χ1) is 9.34. The third-order valence-electron chi connectivity index (χ3n) is 2.87. The Hall–Kier alpha value is -1.56. The van der Waals surface area contributed by atoms with Gasteiger partial charge >= 0.3 is 5.97 Å². The van der Waals surface area contributed by atoms with Crippen molar-refractivity contribution in [1.82, 2.24) is 0 Å². The van der Waals surface area contributed by atoms with Gasteiger partial charge in [-0.05, 0) is 30.0 Å². The number of carbonyl (C=O) groups is 1. The van der Waals surface area contributed by atoms with Crippen molar-refractivity contribution in [3.63, 3.8) is 0 Å². The largest absolute Gasteiger partial charge is 0.469 e. The summed E-state index contributed by atoms with van der Waals surface area (Å²) >= 11 is 0. The van der Waals surface area contributed by atoms with E-state index in [0.717, 1.165) is 5.56 Å². The van der Waals surface area contributed by atoms with Crippen molar-refractivity contribution in [2.24, 2.45) is 0 Å². The molecule has 0 unspecified atom stereocenters. The molecule has 0 bridgehead atoms. The molecule has 0 saturated carbocycles. The van der Waals surface area contributed by atoms with Crippen molar-refractivity contribution in [3.05, 3.63) is 29.8 Å². The minimum absolute atomic E-state index is 0.101. The quantitative estimate of drug-likeness (QED) is 0.785. The number of benzene rings is 1. The summed E-state index contributed by atoms with van der Waals surface area (Å²) in [4.78, 5) is 10.9. The lowest BCUT2D eigenvalue weighted by Crippen LogP contribution is -2.17. The molecule has 0 spiro atoms. The molecule has 0 aliphatic carbocycles. The van der Waals surface area contributed by atoms with E-state index in [1.54, 1.807) is 12.1 Å². The Kier molecular flexibility index (Phi) is 6.01. The van der Waals surface area contributed by atoms with Gasteiger partial charge in [-0.15, -0.1) is 0 Å². The predicted molar refractivity (Wildman–Crippen MR) is 79.2 cm³/mol. The first kappa shape index (κ1) is 16.5. The van der Waals surface area contributed by atoms with Crippen molar-refractivity contribution in [2.45, 2.75) is 32.6 Å². The van der Waals surface area contributed by atoms with E-state index < -0.39 is 16.0 Å². The van der Waals surface area contributed by atoms with Gasteiger partial charge in [-0.1, -0.05) is 26.0 Å². The van der Waals surface area contributed by atoms with Crippen molar-refractivity contribution < 1.29 is 17.9 Å². The second-order valence-electron chi connectivity index (χ2n) is 4.88. The molecule has 0 radical (unpaired) electrons. The van der Waals surface area contributed by atoms with Crippen LogP contribution in [-0.4, -0.2) is 27.2 Å². The molecule has 1 aromatic rings. The summed E-state index contributed by atoms with van der Waals surface area (Å²) in [5.74, 6) is -0.101.